The molecule has 2 N–H and O–H groups in total. The van der Waals surface area contributed by atoms with Crippen molar-refractivity contribution < 1.29 is 14.7 Å². The van der Waals surface area contributed by atoms with E-state index < -0.39 is 5.97 Å². The zero-order valence-electron chi connectivity index (χ0n) is 11.6. The summed E-state index contributed by atoms with van der Waals surface area (Å²) in [5, 5.41) is 12.4. The molecule has 0 aliphatic heterocycles. The molecule has 1 rings (SSSR count). The lowest BCUT2D eigenvalue weighted by molar-refractivity contribution is -0.137. The second-order valence-corrected chi connectivity index (χ2v) is 4.60. The standard InChI is InChI=1S/C15H20N2O3/c1-12-7-5-6-8-13(12)11-16-17-14(18)9-3-2-4-10-15(19)20/h5-8,11H,2-4,9-10H2,1H3,(H,17,18)(H,19,20). The molecule has 0 fully saturated rings. The number of nitrogens with one attached hydrogen (secondary N) is 1. The summed E-state index contributed by atoms with van der Waals surface area (Å²) >= 11 is 0. The molecule has 0 bridgehead atoms. The lowest BCUT2D eigenvalue weighted by atomic mass is 10.1. The topological polar surface area (TPSA) is 78.8 Å². The third kappa shape index (κ3) is 6.68. The first-order valence-corrected chi connectivity index (χ1v) is 6.69. The fourth-order valence-electron chi connectivity index (χ4n) is 1.70. The molecule has 0 spiro atoms. The first-order chi connectivity index (χ1) is 9.59. The third-order valence-corrected chi connectivity index (χ3v) is 2.88. The van der Waals surface area contributed by atoms with Crippen LogP contribution < -0.4 is 5.43 Å². The maximum atomic E-state index is 11.5. The van der Waals surface area contributed by atoms with E-state index in [1.165, 1.54) is 0 Å². The van der Waals surface area contributed by atoms with E-state index in [1.54, 1.807) is 6.21 Å². The smallest absolute Gasteiger partial charge is 0.303 e. The Bertz CT molecular complexity index is 484. The summed E-state index contributed by atoms with van der Waals surface area (Å²) in [4.78, 5) is 21.8. The molecule has 0 heterocycles. The van der Waals surface area contributed by atoms with Gasteiger partial charge in [0.05, 0.1) is 6.21 Å². The van der Waals surface area contributed by atoms with Crippen LogP contribution in [0.25, 0.3) is 0 Å². The lowest BCUT2D eigenvalue weighted by Gasteiger charge is -2.01. The first kappa shape index (κ1) is 15.9. The molecule has 1 aromatic carbocycles. The number of aryl methyl sites for hydroxylation is 1. The largest absolute Gasteiger partial charge is 0.481 e. The third-order valence-electron chi connectivity index (χ3n) is 2.88. The monoisotopic (exact) mass is 276 g/mol. The predicted octanol–water partition coefficient (Wildman–Crippen LogP) is 2.48. The molecule has 1 aromatic rings. The molecule has 0 radical (unpaired) electrons. The Morgan fingerprint density at radius 2 is 1.90 bits per heavy atom. The van der Waals surface area contributed by atoms with Crippen LogP contribution in [0.3, 0.4) is 0 Å². The molecule has 1 amide bonds. The Labute approximate surface area is 118 Å². The zero-order valence-corrected chi connectivity index (χ0v) is 11.6. The van der Waals surface area contributed by atoms with Crippen molar-refractivity contribution in [1.29, 1.82) is 0 Å². The van der Waals surface area contributed by atoms with Gasteiger partial charge in [0.15, 0.2) is 0 Å². The van der Waals surface area contributed by atoms with Crippen molar-refractivity contribution in [3.63, 3.8) is 0 Å². The van der Waals surface area contributed by atoms with Crippen LogP contribution in [-0.4, -0.2) is 23.2 Å². The van der Waals surface area contributed by atoms with Crippen LogP contribution in [0.2, 0.25) is 0 Å². The molecular formula is C15H20N2O3. The number of carbonyl (C=O) groups is 2. The highest BCUT2D eigenvalue weighted by atomic mass is 16.4. The van der Waals surface area contributed by atoms with Crippen molar-refractivity contribution in [3.05, 3.63) is 35.4 Å². The number of hydrogen-bond acceptors (Lipinski definition) is 3. The summed E-state index contributed by atoms with van der Waals surface area (Å²) in [5.41, 5.74) is 4.54. The lowest BCUT2D eigenvalue weighted by Crippen LogP contribution is -2.17. The molecule has 0 aliphatic rings. The number of hydrogen-bond donors (Lipinski definition) is 2. The summed E-state index contributed by atoms with van der Waals surface area (Å²) in [6, 6.07) is 7.77. The number of amides is 1. The highest BCUT2D eigenvalue weighted by Gasteiger charge is 2.01. The van der Waals surface area contributed by atoms with E-state index in [0.29, 0.717) is 19.3 Å². The van der Waals surface area contributed by atoms with Crippen LogP contribution in [0.4, 0.5) is 0 Å². The number of carboxylic acid groups (broad SMARTS) is 1. The normalized spacial score (nSPS) is 10.7. The molecule has 0 saturated heterocycles. The quantitative estimate of drug-likeness (QED) is 0.435. The average Bonchev–Trinajstić information content (AvgIpc) is 2.40. The van der Waals surface area contributed by atoms with E-state index in [4.69, 9.17) is 5.11 Å². The van der Waals surface area contributed by atoms with Gasteiger partial charge in [-0.05, 0) is 30.9 Å². The molecule has 20 heavy (non-hydrogen) atoms. The van der Waals surface area contributed by atoms with Gasteiger partial charge in [-0.3, -0.25) is 9.59 Å². The molecule has 0 aliphatic carbocycles. The van der Waals surface area contributed by atoms with Gasteiger partial charge in [0.1, 0.15) is 0 Å². The van der Waals surface area contributed by atoms with Crippen LogP contribution >= 0.6 is 0 Å². The number of nitrogens with zero attached hydrogens (tertiary/aromatic N) is 1. The van der Waals surface area contributed by atoms with E-state index in [0.717, 1.165) is 17.5 Å². The second-order valence-electron chi connectivity index (χ2n) is 4.60. The van der Waals surface area contributed by atoms with Gasteiger partial charge in [0, 0.05) is 12.8 Å². The summed E-state index contributed by atoms with van der Waals surface area (Å²) in [5.74, 6) is -0.942. The Morgan fingerprint density at radius 3 is 2.60 bits per heavy atom. The first-order valence-electron chi connectivity index (χ1n) is 6.69. The molecule has 108 valence electrons. The maximum Gasteiger partial charge on any atom is 0.303 e. The van der Waals surface area contributed by atoms with Gasteiger partial charge in [-0.15, -0.1) is 0 Å². The van der Waals surface area contributed by atoms with Crippen molar-refractivity contribution in [1.82, 2.24) is 5.43 Å². The van der Waals surface area contributed by atoms with Gasteiger partial charge < -0.3 is 5.11 Å². The van der Waals surface area contributed by atoms with Gasteiger partial charge in [-0.1, -0.05) is 30.7 Å². The number of aliphatic carboxylic acids is 1. The molecule has 0 saturated carbocycles. The fourth-order valence-corrected chi connectivity index (χ4v) is 1.70. The second kappa shape index (κ2) is 8.85. The SMILES string of the molecule is Cc1ccccc1C=NNC(=O)CCCCCC(=O)O. The highest BCUT2D eigenvalue weighted by Crippen LogP contribution is 2.04. The van der Waals surface area contributed by atoms with Crippen LogP contribution in [0.5, 0.6) is 0 Å². The van der Waals surface area contributed by atoms with Gasteiger partial charge in [-0.2, -0.15) is 5.10 Å². The van der Waals surface area contributed by atoms with Crippen molar-refractivity contribution in [2.75, 3.05) is 0 Å². The Hall–Kier alpha value is -2.17. The van der Waals surface area contributed by atoms with Gasteiger partial charge in [0.25, 0.3) is 0 Å². The summed E-state index contributed by atoms with van der Waals surface area (Å²) in [6.45, 7) is 1.98. The summed E-state index contributed by atoms with van der Waals surface area (Å²) < 4.78 is 0. The van der Waals surface area contributed by atoms with Crippen molar-refractivity contribution in [2.45, 2.75) is 39.0 Å². The van der Waals surface area contributed by atoms with E-state index in [2.05, 4.69) is 10.5 Å². The van der Waals surface area contributed by atoms with Crippen LogP contribution in [0, 0.1) is 6.92 Å². The fraction of sp³-hybridized carbons (Fsp3) is 0.400. The minimum absolute atomic E-state index is 0.148. The average molecular weight is 276 g/mol. The number of benzene rings is 1. The number of carbonyl (C=O) groups excluding carboxylic acids is 1. The van der Waals surface area contributed by atoms with E-state index in [-0.39, 0.29) is 12.3 Å². The van der Waals surface area contributed by atoms with Crippen LogP contribution in [0.15, 0.2) is 29.4 Å². The number of hydrazone groups is 1. The number of carboxylic acids is 1. The molecule has 0 aromatic heterocycles. The Kier molecular flexibility index (Phi) is 7.03. The minimum Gasteiger partial charge on any atom is -0.481 e. The van der Waals surface area contributed by atoms with E-state index in [1.807, 2.05) is 31.2 Å². The summed E-state index contributed by atoms with van der Waals surface area (Å²) in [6.07, 6.45) is 4.17. The number of unbranched alkanes of at least 4 members (excludes halogenated alkanes) is 2. The maximum absolute atomic E-state index is 11.5. The van der Waals surface area contributed by atoms with Gasteiger partial charge in [-0.25, -0.2) is 5.43 Å². The van der Waals surface area contributed by atoms with Crippen molar-refractivity contribution in [2.24, 2.45) is 5.10 Å². The van der Waals surface area contributed by atoms with Gasteiger partial charge >= 0.3 is 5.97 Å². The predicted molar refractivity (Wildman–Crippen MR) is 77.6 cm³/mol. The summed E-state index contributed by atoms with van der Waals surface area (Å²) in [7, 11) is 0. The van der Waals surface area contributed by atoms with E-state index >= 15 is 0 Å². The van der Waals surface area contributed by atoms with Crippen LogP contribution in [-0.2, 0) is 9.59 Å². The minimum atomic E-state index is -0.794. The molecule has 0 atom stereocenters. The van der Waals surface area contributed by atoms with Crippen molar-refractivity contribution >= 4 is 18.1 Å². The van der Waals surface area contributed by atoms with Gasteiger partial charge in [0.2, 0.25) is 5.91 Å². The Morgan fingerprint density at radius 1 is 1.20 bits per heavy atom. The van der Waals surface area contributed by atoms with E-state index in [9.17, 15) is 9.59 Å². The molecular weight excluding hydrogens is 256 g/mol. The molecule has 5 heteroatoms. The number of rotatable bonds is 8. The highest BCUT2D eigenvalue weighted by molar-refractivity contribution is 5.83. The van der Waals surface area contributed by atoms with Crippen LogP contribution in [0.1, 0.15) is 43.2 Å². The molecule has 5 nitrogen and oxygen atoms in total. The zero-order chi connectivity index (χ0) is 14.8. The van der Waals surface area contributed by atoms with Crippen molar-refractivity contribution in [3.8, 4) is 0 Å². The molecule has 0 unspecified atom stereocenters. The Balaban J connectivity index is 2.20.